The van der Waals surface area contributed by atoms with E-state index in [4.69, 9.17) is 23.2 Å². The average Bonchev–Trinajstić information content (AvgIpc) is 2.84. The SMILES string of the molecule is CC(=O)Nc1cc(Cl)cc2ncc(-n3c(=O)n(S(=O)(=O)c4ccc(Cl)cc4)c(=O)c4ccccc43)cc12. The van der Waals surface area contributed by atoms with E-state index < -0.39 is 21.3 Å². The van der Waals surface area contributed by atoms with E-state index in [0.29, 0.717) is 26.6 Å². The third-order valence-corrected chi connectivity index (χ3v) is 7.74. The highest BCUT2D eigenvalue weighted by atomic mass is 35.5. The molecule has 0 spiro atoms. The summed E-state index contributed by atoms with van der Waals surface area (Å²) in [5.41, 5.74) is -0.983. The molecule has 0 unspecified atom stereocenters. The van der Waals surface area contributed by atoms with Gasteiger partial charge < -0.3 is 5.32 Å². The number of rotatable bonds is 4. The lowest BCUT2D eigenvalue weighted by atomic mass is 10.1. The Morgan fingerprint density at radius 2 is 1.62 bits per heavy atom. The van der Waals surface area contributed by atoms with Gasteiger partial charge in [-0.1, -0.05) is 35.3 Å². The largest absolute Gasteiger partial charge is 0.350 e. The molecule has 0 fully saturated rings. The van der Waals surface area contributed by atoms with Crippen LogP contribution in [0.3, 0.4) is 0 Å². The maximum Gasteiger partial charge on any atom is 0.350 e. The Kier molecular flexibility index (Phi) is 6.10. The van der Waals surface area contributed by atoms with Crippen molar-refractivity contribution < 1.29 is 13.2 Å². The summed E-state index contributed by atoms with van der Waals surface area (Å²) in [7, 11) is -4.59. The fraction of sp³-hybridized carbons (Fsp3) is 0.0400. The van der Waals surface area contributed by atoms with Crippen molar-refractivity contribution in [1.29, 1.82) is 0 Å². The first kappa shape index (κ1) is 24.7. The number of amides is 1. The van der Waals surface area contributed by atoms with Crippen LogP contribution in [0, 0.1) is 0 Å². The van der Waals surface area contributed by atoms with Crippen molar-refractivity contribution in [2.45, 2.75) is 11.8 Å². The van der Waals surface area contributed by atoms with E-state index >= 15 is 0 Å². The standard InChI is InChI=1S/C25H16Cl2N4O5S/c1-14(32)29-22-11-16(27)10-21-20(22)12-17(13-28-21)30-23-5-3-2-4-19(23)24(33)31(25(30)34)37(35,36)18-8-6-15(26)7-9-18/h2-13H,1H3,(H,29,32). The Morgan fingerprint density at radius 1 is 0.919 bits per heavy atom. The Morgan fingerprint density at radius 3 is 2.32 bits per heavy atom. The van der Waals surface area contributed by atoms with E-state index in [9.17, 15) is 22.8 Å². The summed E-state index contributed by atoms with van der Waals surface area (Å²) in [6.45, 7) is 1.33. The summed E-state index contributed by atoms with van der Waals surface area (Å²) in [5.74, 6) is -0.348. The lowest BCUT2D eigenvalue weighted by molar-refractivity contribution is -0.114. The predicted octanol–water partition coefficient (Wildman–Crippen LogP) is 4.20. The lowest BCUT2D eigenvalue weighted by Gasteiger charge is -2.15. The van der Waals surface area contributed by atoms with Crippen LogP contribution in [0.25, 0.3) is 27.5 Å². The number of anilines is 1. The van der Waals surface area contributed by atoms with Gasteiger partial charge in [-0.05, 0) is 54.6 Å². The zero-order chi connectivity index (χ0) is 26.5. The topological polar surface area (TPSA) is 120 Å². The van der Waals surface area contributed by atoms with Gasteiger partial charge in [0, 0.05) is 22.4 Å². The van der Waals surface area contributed by atoms with Crippen molar-refractivity contribution in [1.82, 2.24) is 13.5 Å². The second kappa shape index (κ2) is 9.15. The van der Waals surface area contributed by atoms with Crippen LogP contribution in [0.5, 0.6) is 0 Å². The highest BCUT2D eigenvalue weighted by molar-refractivity contribution is 7.90. The molecule has 3 aromatic carbocycles. The number of hydrogen-bond donors (Lipinski definition) is 1. The normalized spacial score (nSPS) is 11.6. The Balaban J connectivity index is 1.87. The minimum absolute atomic E-state index is 0.00192. The van der Waals surface area contributed by atoms with Crippen molar-refractivity contribution in [3.8, 4) is 5.69 Å². The maximum absolute atomic E-state index is 13.7. The van der Waals surface area contributed by atoms with Crippen LogP contribution >= 0.6 is 23.2 Å². The molecule has 5 rings (SSSR count). The number of carbonyl (C=O) groups is 1. The van der Waals surface area contributed by atoms with Gasteiger partial charge in [0.2, 0.25) is 5.91 Å². The van der Waals surface area contributed by atoms with Gasteiger partial charge in [0.05, 0.1) is 38.9 Å². The summed E-state index contributed by atoms with van der Waals surface area (Å²) >= 11 is 12.0. The maximum atomic E-state index is 13.7. The summed E-state index contributed by atoms with van der Waals surface area (Å²) in [6, 6.07) is 15.9. The molecule has 0 atom stereocenters. The van der Waals surface area contributed by atoms with Gasteiger partial charge in [-0.3, -0.25) is 19.1 Å². The van der Waals surface area contributed by atoms with Crippen LogP contribution in [-0.4, -0.2) is 27.8 Å². The van der Waals surface area contributed by atoms with Crippen LogP contribution in [0.2, 0.25) is 10.0 Å². The zero-order valence-electron chi connectivity index (χ0n) is 19.0. The van der Waals surface area contributed by atoms with Crippen LogP contribution in [0.1, 0.15) is 6.92 Å². The van der Waals surface area contributed by atoms with Crippen molar-refractivity contribution in [2.24, 2.45) is 0 Å². The van der Waals surface area contributed by atoms with E-state index in [2.05, 4.69) is 10.3 Å². The molecule has 12 heteroatoms. The molecule has 9 nitrogen and oxygen atoms in total. The Hall–Kier alpha value is -3.99. The minimum Gasteiger partial charge on any atom is -0.326 e. The minimum atomic E-state index is -4.59. The number of hydrogen-bond acceptors (Lipinski definition) is 6. The zero-order valence-corrected chi connectivity index (χ0v) is 21.3. The monoisotopic (exact) mass is 554 g/mol. The fourth-order valence-electron chi connectivity index (χ4n) is 4.01. The van der Waals surface area contributed by atoms with Gasteiger partial charge in [-0.2, -0.15) is 0 Å². The second-order valence-electron chi connectivity index (χ2n) is 8.06. The number of halogens is 2. The summed E-state index contributed by atoms with van der Waals surface area (Å²) in [4.78, 5) is 42.9. The van der Waals surface area contributed by atoms with Gasteiger partial charge in [0.25, 0.3) is 15.6 Å². The molecule has 2 heterocycles. The van der Waals surface area contributed by atoms with Crippen LogP contribution < -0.4 is 16.6 Å². The predicted molar refractivity (Wildman–Crippen MR) is 142 cm³/mol. The summed E-state index contributed by atoms with van der Waals surface area (Å²) < 4.78 is 28.2. The summed E-state index contributed by atoms with van der Waals surface area (Å²) in [6.07, 6.45) is 1.35. The lowest BCUT2D eigenvalue weighted by Crippen LogP contribution is -2.43. The van der Waals surface area contributed by atoms with E-state index in [0.717, 1.165) is 4.57 Å². The molecule has 0 saturated heterocycles. The number of nitrogens with zero attached hydrogens (tertiary/aromatic N) is 3. The van der Waals surface area contributed by atoms with Crippen molar-refractivity contribution in [3.05, 3.63) is 104 Å². The molecule has 37 heavy (non-hydrogen) atoms. The Bertz CT molecular complexity index is 1970. The van der Waals surface area contributed by atoms with Crippen molar-refractivity contribution in [2.75, 3.05) is 5.32 Å². The second-order valence-corrected chi connectivity index (χ2v) is 10.7. The molecule has 0 bridgehead atoms. The first-order valence-electron chi connectivity index (χ1n) is 10.7. The van der Waals surface area contributed by atoms with E-state index in [1.807, 2.05) is 0 Å². The van der Waals surface area contributed by atoms with Crippen LogP contribution in [-0.2, 0) is 14.8 Å². The van der Waals surface area contributed by atoms with Crippen molar-refractivity contribution in [3.63, 3.8) is 0 Å². The molecular formula is C25H16Cl2N4O5S. The molecule has 1 amide bonds. The number of nitrogens with one attached hydrogen (secondary N) is 1. The third-order valence-electron chi connectivity index (χ3n) is 5.60. The first-order chi connectivity index (χ1) is 17.6. The van der Waals surface area contributed by atoms with Crippen LogP contribution in [0.4, 0.5) is 5.69 Å². The molecular weight excluding hydrogens is 539 g/mol. The molecule has 186 valence electrons. The van der Waals surface area contributed by atoms with Crippen LogP contribution in [0.15, 0.2) is 87.4 Å². The molecule has 0 aliphatic carbocycles. The average molecular weight is 555 g/mol. The molecule has 0 saturated carbocycles. The van der Waals surface area contributed by atoms with Gasteiger partial charge in [-0.15, -0.1) is 3.97 Å². The number of pyridine rings is 1. The van der Waals surface area contributed by atoms with E-state index in [1.54, 1.807) is 24.3 Å². The number of fused-ring (bicyclic) bond motifs is 2. The summed E-state index contributed by atoms with van der Waals surface area (Å²) in [5, 5.41) is 3.75. The molecule has 5 aromatic rings. The van der Waals surface area contributed by atoms with Gasteiger partial charge in [0.1, 0.15) is 0 Å². The van der Waals surface area contributed by atoms with Gasteiger partial charge in [0.15, 0.2) is 0 Å². The molecule has 0 aliphatic heterocycles. The number of benzene rings is 3. The number of aromatic nitrogens is 3. The molecule has 0 aliphatic rings. The highest BCUT2D eigenvalue weighted by Gasteiger charge is 2.26. The third kappa shape index (κ3) is 4.29. The fourth-order valence-corrected chi connectivity index (χ4v) is 5.64. The Labute approximate surface area is 219 Å². The molecule has 2 aromatic heterocycles. The number of carbonyl (C=O) groups excluding carboxylic acids is 1. The van der Waals surface area contributed by atoms with E-state index in [1.165, 1.54) is 55.6 Å². The van der Waals surface area contributed by atoms with Gasteiger partial charge >= 0.3 is 5.69 Å². The van der Waals surface area contributed by atoms with Gasteiger partial charge in [-0.25, -0.2) is 13.2 Å². The highest BCUT2D eigenvalue weighted by Crippen LogP contribution is 2.29. The van der Waals surface area contributed by atoms with E-state index in [-0.39, 0.29) is 31.4 Å². The molecule has 0 radical (unpaired) electrons. The quantitative estimate of drug-likeness (QED) is 0.355. The van der Waals surface area contributed by atoms with Crippen molar-refractivity contribution >= 4 is 66.6 Å². The number of para-hydroxylation sites is 1. The first-order valence-corrected chi connectivity index (χ1v) is 12.9. The molecule has 1 N–H and O–H groups in total. The smallest absolute Gasteiger partial charge is 0.326 e.